The summed E-state index contributed by atoms with van der Waals surface area (Å²) in [4.78, 5) is 20.8. The molecule has 3 aromatic rings. The Morgan fingerprint density at radius 1 is 1.09 bits per heavy atom. The highest BCUT2D eigenvalue weighted by Crippen LogP contribution is 2.41. The van der Waals surface area contributed by atoms with E-state index in [1.165, 1.54) is 0 Å². The molecule has 2 heterocycles. The van der Waals surface area contributed by atoms with Gasteiger partial charge in [0.2, 0.25) is 0 Å². The van der Waals surface area contributed by atoms with Crippen LogP contribution < -0.4 is 4.72 Å². The zero-order chi connectivity index (χ0) is 30.2. The third kappa shape index (κ3) is 5.99. The van der Waals surface area contributed by atoms with Crippen LogP contribution in [0.15, 0.2) is 56.9 Å². The SMILES string of the molecule is CCCCC1=NC2(CCCC2)C(=O)N1Cc1ccc(-c2ccccc2S(=O)(=O)Nc2noc(C)c2C)c(COC2CC2)c1. The Labute approximate surface area is 253 Å². The fraction of sp³-hybridized carbons (Fsp3) is 0.485. The smallest absolute Gasteiger partial charge is 0.263 e. The second kappa shape index (κ2) is 11.9. The molecule has 0 atom stereocenters. The van der Waals surface area contributed by atoms with Crippen molar-refractivity contribution in [1.29, 1.82) is 0 Å². The summed E-state index contributed by atoms with van der Waals surface area (Å²) in [6.07, 6.45) is 8.83. The van der Waals surface area contributed by atoms with Crippen LogP contribution in [-0.4, -0.2) is 41.9 Å². The fourth-order valence-electron chi connectivity index (χ4n) is 6.07. The first-order valence-electron chi connectivity index (χ1n) is 15.4. The second-order valence-corrected chi connectivity index (χ2v) is 13.7. The Morgan fingerprint density at radius 2 is 1.86 bits per heavy atom. The van der Waals surface area contributed by atoms with Gasteiger partial charge in [-0.3, -0.25) is 19.4 Å². The first-order valence-corrected chi connectivity index (χ1v) is 16.9. The van der Waals surface area contributed by atoms with Crippen molar-refractivity contribution in [3.05, 3.63) is 64.9 Å². The van der Waals surface area contributed by atoms with Crippen molar-refractivity contribution >= 4 is 27.6 Å². The number of sulfonamides is 1. The van der Waals surface area contributed by atoms with Crippen LogP contribution in [0.4, 0.5) is 5.82 Å². The topological polar surface area (TPSA) is 114 Å². The zero-order valence-corrected chi connectivity index (χ0v) is 26.0. The number of carbonyl (C=O) groups is 1. The molecule has 1 amide bonds. The number of anilines is 1. The second-order valence-electron chi connectivity index (χ2n) is 12.1. The predicted octanol–water partition coefficient (Wildman–Crippen LogP) is 6.68. The van der Waals surface area contributed by atoms with Crippen LogP contribution >= 0.6 is 0 Å². The van der Waals surface area contributed by atoms with E-state index in [2.05, 4.69) is 22.9 Å². The number of aliphatic imine (C=N–C) groups is 1. The molecule has 9 nitrogen and oxygen atoms in total. The predicted molar refractivity (Wildman–Crippen MR) is 165 cm³/mol. The Bertz CT molecular complexity index is 1650. The molecule has 6 rings (SSSR count). The molecule has 228 valence electrons. The lowest BCUT2D eigenvalue weighted by Crippen LogP contribution is -2.40. The number of amides is 1. The summed E-state index contributed by atoms with van der Waals surface area (Å²) in [5.74, 6) is 1.75. The van der Waals surface area contributed by atoms with Crippen molar-refractivity contribution in [2.75, 3.05) is 4.72 Å². The van der Waals surface area contributed by atoms with Crippen molar-refractivity contribution < 1.29 is 22.5 Å². The number of nitrogens with one attached hydrogen (secondary N) is 1. The summed E-state index contributed by atoms with van der Waals surface area (Å²) in [5.41, 5.74) is 3.26. The molecule has 43 heavy (non-hydrogen) atoms. The highest BCUT2D eigenvalue weighted by atomic mass is 32.2. The van der Waals surface area contributed by atoms with Gasteiger partial charge in [-0.15, -0.1) is 0 Å². The van der Waals surface area contributed by atoms with Gasteiger partial charge in [-0.1, -0.05) is 67.7 Å². The van der Waals surface area contributed by atoms with Crippen LogP contribution in [0.5, 0.6) is 0 Å². The van der Waals surface area contributed by atoms with Crippen LogP contribution in [0, 0.1) is 13.8 Å². The Hall–Kier alpha value is -3.50. The van der Waals surface area contributed by atoms with E-state index >= 15 is 0 Å². The standard InChI is InChI=1S/C33H40N4O5S/c1-4-5-12-30-34-33(17-8-9-18-33)32(38)37(30)20-24-13-16-27(25(19-24)21-41-26-14-15-26)28-10-6-7-11-29(28)43(39,40)36-31-22(2)23(3)42-35-31/h6-7,10-11,13,16,19,26H,4-5,8-9,12,14-15,17-18,20-21H2,1-3H3,(H,35,36). The number of hydrogen-bond donors (Lipinski definition) is 1. The molecule has 0 bridgehead atoms. The van der Waals surface area contributed by atoms with Crippen molar-refractivity contribution in [2.24, 2.45) is 4.99 Å². The van der Waals surface area contributed by atoms with Gasteiger partial charge < -0.3 is 9.26 Å². The molecule has 0 saturated heterocycles. The lowest BCUT2D eigenvalue weighted by molar-refractivity contribution is -0.131. The van der Waals surface area contributed by atoms with Gasteiger partial charge in [0, 0.05) is 17.5 Å². The Balaban J connectivity index is 1.33. The first-order chi connectivity index (χ1) is 20.7. The van der Waals surface area contributed by atoms with E-state index in [0.717, 1.165) is 80.3 Å². The van der Waals surface area contributed by atoms with Crippen LogP contribution in [-0.2, 0) is 32.7 Å². The molecule has 1 spiro atoms. The van der Waals surface area contributed by atoms with Crippen molar-refractivity contribution in [1.82, 2.24) is 10.1 Å². The van der Waals surface area contributed by atoms with E-state index < -0.39 is 15.6 Å². The first kappa shape index (κ1) is 29.6. The average molecular weight is 605 g/mol. The summed E-state index contributed by atoms with van der Waals surface area (Å²) in [6.45, 7) is 6.45. The Kier molecular flexibility index (Phi) is 8.17. The van der Waals surface area contributed by atoms with Gasteiger partial charge in [0.1, 0.15) is 17.1 Å². The lowest BCUT2D eigenvalue weighted by atomic mass is 9.96. The number of hydrogen-bond acceptors (Lipinski definition) is 7. The molecular formula is C33H40N4O5S. The molecule has 3 aliphatic rings. The van der Waals surface area contributed by atoms with Crippen LogP contribution in [0.3, 0.4) is 0 Å². The van der Waals surface area contributed by atoms with E-state index in [0.29, 0.717) is 30.0 Å². The number of amidine groups is 1. The highest BCUT2D eigenvalue weighted by molar-refractivity contribution is 7.92. The molecule has 1 aliphatic heterocycles. The molecule has 2 aromatic carbocycles. The summed E-state index contributed by atoms with van der Waals surface area (Å²) in [6, 6.07) is 13.0. The number of rotatable bonds is 12. The van der Waals surface area contributed by atoms with E-state index in [4.69, 9.17) is 14.3 Å². The molecule has 2 fully saturated rings. The molecule has 10 heteroatoms. The van der Waals surface area contributed by atoms with Crippen molar-refractivity contribution in [3.63, 3.8) is 0 Å². The normalized spacial score (nSPS) is 18.1. The minimum absolute atomic E-state index is 0.122. The molecule has 0 radical (unpaired) electrons. The molecule has 1 N–H and O–H groups in total. The molecule has 1 aromatic heterocycles. The number of unbranched alkanes of at least 4 members (excludes halogenated alkanes) is 1. The summed E-state index contributed by atoms with van der Waals surface area (Å²) in [7, 11) is -3.98. The van der Waals surface area contributed by atoms with Crippen molar-refractivity contribution in [3.8, 4) is 11.1 Å². The van der Waals surface area contributed by atoms with E-state index in [1.54, 1.807) is 26.0 Å². The lowest BCUT2D eigenvalue weighted by Gasteiger charge is -2.23. The van der Waals surface area contributed by atoms with E-state index in [-0.39, 0.29) is 22.7 Å². The van der Waals surface area contributed by atoms with Gasteiger partial charge in [0.15, 0.2) is 5.82 Å². The van der Waals surface area contributed by atoms with Gasteiger partial charge >= 0.3 is 0 Å². The summed E-state index contributed by atoms with van der Waals surface area (Å²) in [5, 5.41) is 3.89. The molecule has 0 unspecified atom stereocenters. The summed E-state index contributed by atoms with van der Waals surface area (Å²) >= 11 is 0. The van der Waals surface area contributed by atoms with E-state index in [1.807, 2.05) is 29.2 Å². The van der Waals surface area contributed by atoms with Crippen LogP contribution in [0.1, 0.15) is 87.2 Å². The molecular weight excluding hydrogens is 564 g/mol. The largest absolute Gasteiger partial charge is 0.374 e. The third-order valence-electron chi connectivity index (χ3n) is 8.85. The fourth-order valence-corrected chi connectivity index (χ4v) is 7.35. The summed E-state index contributed by atoms with van der Waals surface area (Å²) < 4.78 is 41.2. The minimum atomic E-state index is -3.98. The molecule has 2 saturated carbocycles. The van der Waals surface area contributed by atoms with Crippen LogP contribution in [0.2, 0.25) is 0 Å². The van der Waals surface area contributed by atoms with Gasteiger partial charge in [-0.25, -0.2) is 8.42 Å². The quantitative estimate of drug-likeness (QED) is 0.247. The van der Waals surface area contributed by atoms with Gasteiger partial charge in [-0.2, -0.15) is 0 Å². The van der Waals surface area contributed by atoms with Crippen molar-refractivity contribution in [2.45, 2.75) is 108 Å². The number of ether oxygens (including phenoxy) is 1. The third-order valence-corrected chi connectivity index (χ3v) is 10.2. The van der Waals surface area contributed by atoms with Gasteiger partial charge in [0.25, 0.3) is 15.9 Å². The maximum atomic E-state index is 13.7. The maximum Gasteiger partial charge on any atom is 0.263 e. The molecule has 2 aliphatic carbocycles. The maximum absolute atomic E-state index is 13.7. The highest BCUT2D eigenvalue weighted by Gasteiger charge is 2.49. The number of aryl methyl sites for hydroxylation is 1. The number of nitrogens with zero attached hydrogens (tertiary/aromatic N) is 3. The number of aromatic nitrogens is 1. The van der Waals surface area contributed by atoms with E-state index in [9.17, 15) is 13.2 Å². The zero-order valence-electron chi connectivity index (χ0n) is 25.2. The number of carbonyl (C=O) groups excluding carboxylic acids is 1. The van der Waals surface area contributed by atoms with Gasteiger partial charge in [0.05, 0.1) is 24.2 Å². The number of benzene rings is 2. The average Bonchev–Trinajstić information content (AvgIpc) is 3.55. The minimum Gasteiger partial charge on any atom is -0.374 e. The van der Waals surface area contributed by atoms with Gasteiger partial charge in [-0.05, 0) is 68.7 Å². The monoisotopic (exact) mass is 604 g/mol. The Morgan fingerprint density at radius 3 is 2.56 bits per heavy atom. The van der Waals surface area contributed by atoms with Crippen LogP contribution in [0.25, 0.3) is 11.1 Å².